The van der Waals surface area contributed by atoms with Gasteiger partial charge in [0.1, 0.15) is 0 Å². The fraction of sp³-hybridized carbons (Fsp3) is 0.500. The molecule has 3 heteroatoms. The fourth-order valence-corrected chi connectivity index (χ4v) is 0.631. The van der Waals surface area contributed by atoms with E-state index in [1.165, 1.54) is 0 Å². The van der Waals surface area contributed by atoms with Gasteiger partial charge in [0.05, 0.1) is 3.39 Å². The van der Waals surface area contributed by atoms with E-state index in [1.54, 1.807) is 0 Å². The van der Waals surface area contributed by atoms with Gasteiger partial charge in [0.15, 0.2) is 0 Å². The maximum atomic E-state index is 8.23. The molecule has 0 saturated carbocycles. The number of hydrogen-bond acceptors (Lipinski definition) is 1. The van der Waals surface area contributed by atoms with Crippen molar-refractivity contribution in [3.05, 3.63) is 9.47 Å². The third-order valence-electron chi connectivity index (χ3n) is 0.428. The first-order valence-corrected chi connectivity index (χ1v) is 3.48. The molecule has 0 atom stereocenters. The SMILES string of the molecule is OCCC=C(Br)Br. The molecule has 0 saturated heterocycles. The first-order valence-electron chi connectivity index (χ1n) is 1.89. The highest BCUT2D eigenvalue weighted by atomic mass is 79.9. The van der Waals surface area contributed by atoms with Crippen LogP contribution in [0.25, 0.3) is 0 Å². The van der Waals surface area contributed by atoms with Crippen molar-refractivity contribution >= 4 is 31.9 Å². The van der Waals surface area contributed by atoms with Crippen LogP contribution in [-0.2, 0) is 0 Å². The van der Waals surface area contributed by atoms with E-state index in [4.69, 9.17) is 5.11 Å². The quantitative estimate of drug-likeness (QED) is 0.768. The summed E-state index contributed by atoms with van der Waals surface area (Å²) >= 11 is 6.28. The van der Waals surface area contributed by atoms with Crippen LogP contribution in [0.2, 0.25) is 0 Å². The average molecular weight is 230 g/mol. The van der Waals surface area contributed by atoms with Crippen LogP contribution < -0.4 is 0 Å². The summed E-state index contributed by atoms with van der Waals surface area (Å²) < 4.78 is 0.897. The van der Waals surface area contributed by atoms with Crippen molar-refractivity contribution < 1.29 is 5.11 Å². The van der Waals surface area contributed by atoms with Crippen LogP contribution in [0, 0.1) is 0 Å². The summed E-state index contributed by atoms with van der Waals surface area (Å²) in [6.45, 7) is 0.209. The lowest BCUT2D eigenvalue weighted by molar-refractivity contribution is 0.302. The van der Waals surface area contributed by atoms with Crippen LogP contribution in [0.5, 0.6) is 0 Å². The van der Waals surface area contributed by atoms with Crippen LogP contribution in [0.3, 0.4) is 0 Å². The lowest BCUT2D eigenvalue weighted by Gasteiger charge is -1.81. The fourth-order valence-electron chi connectivity index (χ4n) is 0.174. The molecular weight excluding hydrogens is 224 g/mol. The van der Waals surface area contributed by atoms with Crippen molar-refractivity contribution in [1.82, 2.24) is 0 Å². The number of aliphatic hydroxyl groups is 1. The Balaban J connectivity index is 3.08. The molecule has 0 aromatic carbocycles. The van der Waals surface area contributed by atoms with Gasteiger partial charge in [-0.15, -0.1) is 0 Å². The van der Waals surface area contributed by atoms with E-state index in [0.717, 1.165) is 3.39 Å². The molecular formula is C4H6Br2O. The summed E-state index contributed by atoms with van der Waals surface area (Å²) in [6.07, 6.45) is 2.55. The lowest BCUT2D eigenvalue weighted by atomic mass is 10.5. The van der Waals surface area contributed by atoms with Crippen molar-refractivity contribution in [2.24, 2.45) is 0 Å². The molecule has 42 valence electrons. The van der Waals surface area contributed by atoms with E-state index in [2.05, 4.69) is 31.9 Å². The third kappa shape index (κ3) is 6.66. The molecule has 0 radical (unpaired) electrons. The Morgan fingerprint density at radius 3 is 2.29 bits per heavy atom. The maximum Gasteiger partial charge on any atom is 0.0565 e. The van der Waals surface area contributed by atoms with Crippen molar-refractivity contribution in [2.45, 2.75) is 6.42 Å². The second-order valence-corrected chi connectivity index (χ2v) is 3.78. The number of hydrogen-bond donors (Lipinski definition) is 1. The van der Waals surface area contributed by atoms with E-state index >= 15 is 0 Å². The average Bonchev–Trinajstić information content (AvgIpc) is 1.61. The highest BCUT2D eigenvalue weighted by molar-refractivity contribution is 9.28. The first kappa shape index (κ1) is 7.66. The van der Waals surface area contributed by atoms with Gasteiger partial charge in [0.2, 0.25) is 0 Å². The Hall–Kier alpha value is 0.660. The molecule has 0 rings (SSSR count). The molecule has 0 spiro atoms. The largest absolute Gasteiger partial charge is 0.396 e. The molecule has 0 aliphatic heterocycles. The predicted octanol–water partition coefficient (Wildman–Crippen LogP) is 2.00. The van der Waals surface area contributed by atoms with Crippen LogP contribution in [-0.4, -0.2) is 11.7 Å². The molecule has 0 heterocycles. The molecule has 0 aromatic rings. The number of aliphatic hydroxyl groups excluding tert-OH is 1. The molecule has 0 aliphatic carbocycles. The molecule has 0 unspecified atom stereocenters. The highest BCUT2D eigenvalue weighted by Gasteiger charge is 1.77. The van der Waals surface area contributed by atoms with Gasteiger partial charge in [-0.3, -0.25) is 0 Å². The van der Waals surface area contributed by atoms with Crippen LogP contribution in [0.4, 0.5) is 0 Å². The lowest BCUT2D eigenvalue weighted by Crippen LogP contribution is -1.74. The van der Waals surface area contributed by atoms with Gasteiger partial charge in [-0.05, 0) is 38.3 Å². The van der Waals surface area contributed by atoms with Crippen molar-refractivity contribution in [3.63, 3.8) is 0 Å². The molecule has 0 fully saturated rings. The number of rotatable bonds is 2. The molecule has 1 nitrogen and oxygen atoms in total. The second-order valence-electron chi connectivity index (χ2n) is 1.01. The van der Waals surface area contributed by atoms with Gasteiger partial charge in [0, 0.05) is 6.61 Å². The normalized spacial score (nSPS) is 8.43. The van der Waals surface area contributed by atoms with E-state index in [-0.39, 0.29) is 6.61 Å². The van der Waals surface area contributed by atoms with Crippen LogP contribution >= 0.6 is 31.9 Å². The Kier molecular flexibility index (Phi) is 5.26. The molecule has 0 amide bonds. The molecule has 0 aromatic heterocycles. The van der Waals surface area contributed by atoms with Gasteiger partial charge in [0.25, 0.3) is 0 Å². The number of halogens is 2. The Morgan fingerprint density at radius 1 is 1.57 bits per heavy atom. The summed E-state index contributed by atoms with van der Waals surface area (Å²) in [5, 5.41) is 8.23. The van der Waals surface area contributed by atoms with E-state index in [1.807, 2.05) is 6.08 Å². The Morgan fingerprint density at radius 2 is 2.14 bits per heavy atom. The summed E-state index contributed by atoms with van der Waals surface area (Å²) in [7, 11) is 0. The van der Waals surface area contributed by atoms with Crippen molar-refractivity contribution in [2.75, 3.05) is 6.61 Å². The van der Waals surface area contributed by atoms with Crippen molar-refractivity contribution in [1.29, 1.82) is 0 Å². The zero-order valence-electron chi connectivity index (χ0n) is 3.69. The van der Waals surface area contributed by atoms with E-state index in [0.29, 0.717) is 6.42 Å². The third-order valence-corrected chi connectivity index (χ3v) is 1.08. The second kappa shape index (κ2) is 4.81. The van der Waals surface area contributed by atoms with Crippen LogP contribution in [0.1, 0.15) is 6.42 Å². The Bertz CT molecular complexity index is 66.1. The topological polar surface area (TPSA) is 20.2 Å². The summed E-state index contributed by atoms with van der Waals surface area (Å²) in [6, 6.07) is 0. The predicted molar refractivity (Wildman–Crippen MR) is 37.6 cm³/mol. The van der Waals surface area contributed by atoms with Gasteiger partial charge in [-0.2, -0.15) is 0 Å². The van der Waals surface area contributed by atoms with Gasteiger partial charge < -0.3 is 5.11 Å². The minimum absolute atomic E-state index is 0.209. The molecule has 1 N–H and O–H groups in total. The van der Waals surface area contributed by atoms with E-state index in [9.17, 15) is 0 Å². The first-order chi connectivity index (χ1) is 3.27. The minimum Gasteiger partial charge on any atom is -0.396 e. The zero-order chi connectivity index (χ0) is 5.70. The monoisotopic (exact) mass is 228 g/mol. The minimum atomic E-state index is 0.209. The standard InChI is InChI=1S/C4H6Br2O/c5-4(6)2-1-3-7/h2,7H,1,3H2. The van der Waals surface area contributed by atoms with Gasteiger partial charge in [-0.25, -0.2) is 0 Å². The van der Waals surface area contributed by atoms with Gasteiger partial charge >= 0.3 is 0 Å². The molecule has 0 bridgehead atoms. The smallest absolute Gasteiger partial charge is 0.0565 e. The maximum absolute atomic E-state index is 8.23. The summed E-state index contributed by atoms with van der Waals surface area (Å²) in [5.74, 6) is 0. The Labute approximate surface area is 59.7 Å². The molecule has 7 heavy (non-hydrogen) atoms. The van der Waals surface area contributed by atoms with Crippen molar-refractivity contribution in [3.8, 4) is 0 Å². The molecule has 0 aliphatic rings. The highest BCUT2D eigenvalue weighted by Crippen LogP contribution is 2.12. The van der Waals surface area contributed by atoms with E-state index < -0.39 is 0 Å². The zero-order valence-corrected chi connectivity index (χ0v) is 6.87. The van der Waals surface area contributed by atoms with Crippen LogP contribution in [0.15, 0.2) is 9.47 Å². The summed E-state index contributed by atoms with van der Waals surface area (Å²) in [5.41, 5.74) is 0. The summed E-state index contributed by atoms with van der Waals surface area (Å²) in [4.78, 5) is 0. The van der Waals surface area contributed by atoms with Gasteiger partial charge in [-0.1, -0.05) is 6.08 Å².